The molecule has 1 aliphatic rings. The third kappa shape index (κ3) is 4.18. The van der Waals surface area contributed by atoms with E-state index in [9.17, 15) is 14.7 Å². The molecule has 0 unspecified atom stereocenters. The van der Waals surface area contributed by atoms with Crippen LogP contribution in [0, 0.1) is 0 Å². The second kappa shape index (κ2) is 7.67. The molecule has 1 aromatic carbocycles. The van der Waals surface area contributed by atoms with E-state index in [1.807, 2.05) is 37.4 Å². The van der Waals surface area contributed by atoms with Crippen molar-refractivity contribution in [2.75, 3.05) is 25.5 Å². The van der Waals surface area contributed by atoms with Crippen molar-refractivity contribution in [1.82, 2.24) is 4.90 Å². The number of likely N-dealkylation sites (N-methyl/N-ethyl adjacent to an activating group) is 1. The van der Waals surface area contributed by atoms with Gasteiger partial charge in [0.05, 0.1) is 18.6 Å². The number of hydrogen-bond acceptors (Lipinski definition) is 5. The Labute approximate surface area is 150 Å². The van der Waals surface area contributed by atoms with Crippen LogP contribution in [0.4, 0.5) is 5.00 Å². The minimum Gasteiger partial charge on any atom is -0.493 e. The van der Waals surface area contributed by atoms with Crippen molar-refractivity contribution in [2.45, 2.75) is 19.4 Å². The van der Waals surface area contributed by atoms with Crippen LogP contribution in [0.15, 0.2) is 30.3 Å². The summed E-state index contributed by atoms with van der Waals surface area (Å²) >= 11 is 1.36. The lowest BCUT2D eigenvalue weighted by Gasteiger charge is -2.22. The van der Waals surface area contributed by atoms with Gasteiger partial charge in [0.25, 0.3) is 0 Å². The molecule has 0 bridgehead atoms. The Hall–Kier alpha value is -2.38. The van der Waals surface area contributed by atoms with Gasteiger partial charge < -0.3 is 20.1 Å². The fourth-order valence-electron chi connectivity index (χ4n) is 2.81. The molecule has 0 spiro atoms. The normalized spacial score (nSPS) is 14.0. The molecule has 0 saturated heterocycles. The molecular weight excluding hydrogens is 340 g/mol. The first-order valence-electron chi connectivity index (χ1n) is 8.08. The summed E-state index contributed by atoms with van der Waals surface area (Å²) in [5, 5.41) is 12.7. The lowest BCUT2D eigenvalue weighted by molar-refractivity contribution is -0.116. The molecule has 132 valence electrons. The molecule has 7 heteroatoms. The number of amides is 1. The summed E-state index contributed by atoms with van der Waals surface area (Å²) in [5.41, 5.74) is 1.09. The number of thiophene rings is 1. The van der Waals surface area contributed by atoms with Crippen LogP contribution in [0.2, 0.25) is 0 Å². The fraction of sp³-hybridized carbons (Fsp3) is 0.333. The van der Waals surface area contributed by atoms with Crippen molar-refractivity contribution in [2.24, 2.45) is 0 Å². The van der Waals surface area contributed by atoms with E-state index in [2.05, 4.69) is 10.2 Å². The molecule has 0 saturated carbocycles. The van der Waals surface area contributed by atoms with Gasteiger partial charge in [-0.05, 0) is 31.2 Å². The molecule has 1 aliphatic heterocycles. The second-order valence-electron chi connectivity index (χ2n) is 5.96. The van der Waals surface area contributed by atoms with Gasteiger partial charge in [-0.2, -0.15) is 0 Å². The maximum atomic E-state index is 12.2. The van der Waals surface area contributed by atoms with E-state index in [4.69, 9.17) is 4.74 Å². The zero-order valence-electron chi connectivity index (χ0n) is 13.9. The highest BCUT2D eigenvalue weighted by atomic mass is 32.1. The summed E-state index contributed by atoms with van der Waals surface area (Å²) in [6.07, 6.45) is 0.855. The quantitative estimate of drug-likeness (QED) is 0.828. The number of carbonyl (C=O) groups excluding carboxylic acids is 1. The molecule has 0 aliphatic carbocycles. The van der Waals surface area contributed by atoms with Gasteiger partial charge in [-0.25, -0.2) is 4.79 Å². The highest BCUT2D eigenvalue weighted by molar-refractivity contribution is 7.17. The highest BCUT2D eigenvalue weighted by Crippen LogP contribution is 2.36. The van der Waals surface area contributed by atoms with E-state index < -0.39 is 5.97 Å². The van der Waals surface area contributed by atoms with Crippen molar-refractivity contribution in [1.29, 1.82) is 0 Å². The van der Waals surface area contributed by atoms with Crippen molar-refractivity contribution >= 4 is 28.2 Å². The van der Waals surface area contributed by atoms with Crippen molar-refractivity contribution in [3.63, 3.8) is 0 Å². The zero-order valence-corrected chi connectivity index (χ0v) is 14.8. The minimum absolute atomic E-state index is 0.163. The Kier molecular flexibility index (Phi) is 5.35. The lowest BCUT2D eigenvalue weighted by atomic mass is 10.0. The van der Waals surface area contributed by atoms with Gasteiger partial charge in [0.15, 0.2) is 0 Å². The maximum Gasteiger partial charge on any atom is 0.339 e. The van der Waals surface area contributed by atoms with Crippen molar-refractivity contribution in [3.8, 4) is 5.75 Å². The summed E-state index contributed by atoms with van der Waals surface area (Å²) in [4.78, 5) is 27.0. The number of benzene rings is 1. The number of carboxylic acid groups (broad SMARTS) is 1. The Balaban J connectivity index is 1.64. The molecular formula is C18H20N2O4S. The first-order chi connectivity index (χ1) is 12.0. The molecule has 0 radical (unpaired) electrons. The van der Waals surface area contributed by atoms with E-state index in [0.29, 0.717) is 23.7 Å². The van der Waals surface area contributed by atoms with E-state index in [1.165, 1.54) is 11.3 Å². The molecule has 6 nitrogen and oxygen atoms in total. The van der Waals surface area contributed by atoms with Crippen LogP contribution in [-0.2, 0) is 17.8 Å². The molecule has 0 fully saturated rings. The number of carbonyl (C=O) groups is 2. The number of aromatic carboxylic acids is 1. The van der Waals surface area contributed by atoms with Crippen LogP contribution in [0.1, 0.15) is 27.2 Å². The average Bonchev–Trinajstić information content (AvgIpc) is 2.92. The molecule has 25 heavy (non-hydrogen) atoms. The maximum absolute atomic E-state index is 12.2. The Morgan fingerprint density at radius 1 is 1.32 bits per heavy atom. The van der Waals surface area contributed by atoms with E-state index in [-0.39, 0.29) is 24.5 Å². The summed E-state index contributed by atoms with van der Waals surface area (Å²) < 4.78 is 5.51. The minimum atomic E-state index is -0.988. The van der Waals surface area contributed by atoms with Gasteiger partial charge in [-0.3, -0.25) is 4.79 Å². The number of nitrogens with one attached hydrogen (secondary N) is 1. The molecule has 1 aromatic heterocycles. The number of carboxylic acids is 1. The van der Waals surface area contributed by atoms with E-state index in [0.717, 1.165) is 17.0 Å². The number of rotatable bonds is 6. The number of ether oxygens (including phenoxy) is 1. The van der Waals surface area contributed by atoms with Crippen LogP contribution >= 0.6 is 11.3 Å². The van der Waals surface area contributed by atoms with Crippen LogP contribution in [0.5, 0.6) is 5.75 Å². The number of nitrogens with zero attached hydrogens (tertiary/aromatic N) is 1. The van der Waals surface area contributed by atoms with Crippen molar-refractivity contribution < 1.29 is 19.4 Å². The van der Waals surface area contributed by atoms with Crippen LogP contribution in [0.3, 0.4) is 0 Å². The van der Waals surface area contributed by atoms with Gasteiger partial charge in [-0.1, -0.05) is 18.2 Å². The monoisotopic (exact) mass is 360 g/mol. The molecule has 0 atom stereocenters. The second-order valence-corrected chi connectivity index (χ2v) is 7.07. The first kappa shape index (κ1) is 17.4. The Morgan fingerprint density at radius 2 is 2.08 bits per heavy atom. The summed E-state index contributed by atoms with van der Waals surface area (Å²) in [5.74, 6) is -0.528. The fourth-order valence-corrected chi connectivity index (χ4v) is 4.15. The van der Waals surface area contributed by atoms with Crippen molar-refractivity contribution in [3.05, 3.63) is 46.3 Å². The van der Waals surface area contributed by atoms with Gasteiger partial charge in [0.1, 0.15) is 10.8 Å². The number of anilines is 1. The molecule has 1 amide bonds. The Morgan fingerprint density at radius 3 is 2.80 bits per heavy atom. The predicted molar refractivity (Wildman–Crippen MR) is 96.5 cm³/mol. The summed E-state index contributed by atoms with van der Waals surface area (Å²) in [6.45, 7) is 1.78. The van der Waals surface area contributed by atoms with Crippen LogP contribution < -0.4 is 10.1 Å². The number of fused-ring (bicyclic) bond motifs is 1. The third-order valence-corrected chi connectivity index (χ3v) is 5.19. The third-order valence-electron chi connectivity index (χ3n) is 4.06. The van der Waals surface area contributed by atoms with Crippen LogP contribution in [0.25, 0.3) is 0 Å². The topological polar surface area (TPSA) is 78.9 Å². The predicted octanol–water partition coefficient (Wildman–Crippen LogP) is 2.84. The Bertz CT molecular complexity index is 773. The molecule has 2 heterocycles. The lowest BCUT2D eigenvalue weighted by Crippen LogP contribution is -2.26. The number of hydrogen-bond donors (Lipinski definition) is 2. The molecule has 2 N–H and O–H groups in total. The smallest absolute Gasteiger partial charge is 0.339 e. The van der Waals surface area contributed by atoms with Gasteiger partial charge in [0, 0.05) is 18.0 Å². The highest BCUT2D eigenvalue weighted by Gasteiger charge is 2.27. The zero-order chi connectivity index (χ0) is 17.8. The first-order valence-corrected chi connectivity index (χ1v) is 8.90. The molecule has 3 rings (SSSR count). The number of para-hydroxylation sites is 1. The standard InChI is InChI=1S/C18H20N2O4S/c1-20-9-7-13-14(11-20)25-17(16(13)18(22)23)19-15(21)8-10-24-12-5-3-2-4-6-12/h2-6H,7-11H2,1H3,(H,19,21)(H,22,23). The largest absolute Gasteiger partial charge is 0.493 e. The van der Waals surface area contributed by atoms with E-state index in [1.54, 1.807) is 0 Å². The summed E-state index contributed by atoms with van der Waals surface area (Å²) in [7, 11) is 2.00. The van der Waals surface area contributed by atoms with Gasteiger partial charge >= 0.3 is 5.97 Å². The SMILES string of the molecule is CN1CCc2c(sc(NC(=O)CCOc3ccccc3)c2C(=O)O)C1. The van der Waals surface area contributed by atoms with Gasteiger partial charge in [-0.15, -0.1) is 11.3 Å². The van der Waals surface area contributed by atoms with Gasteiger partial charge in [0.2, 0.25) is 5.91 Å². The summed E-state index contributed by atoms with van der Waals surface area (Å²) in [6, 6.07) is 9.26. The average molecular weight is 360 g/mol. The van der Waals surface area contributed by atoms with E-state index >= 15 is 0 Å². The van der Waals surface area contributed by atoms with Crippen LogP contribution in [-0.4, -0.2) is 42.1 Å². The molecule has 2 aromatic rings.